The number of thiophene rings is 1. The number of nitrogens with one attached hydrogen (secondary N) is 1. The molecule has 1 aromatic carbocycles. The summed E-state index contributed by atoms with van der Waals surface area (Å²) in [7, 11) is 2.15. The van der Waals surface area contributed by atoms with Gasteiger partial charge < -0.3 is 10.4 Å². The summed E-state index contributed by atoms with van der Waals surface area (Å²) in [6.07, 6.45) is 9.76. The molecule has 5 rings (SSSR count). The lowest BCUT2D eigenvalue weighted by Gasteiger charge is -2.35. The van der Waals surface area contributed by atoms with Gasteiger partial charge >= 0.3 is 5.97 Å². The molecule has 0 radical (unpaired) electrons. The van der Waals surface area contributed by atoms with Gasteiger partial charge in [-0.2, -0.15) is 0 Å². The number of carbonyl (C=O) groups is 1. The highest BCUT2D eigenvalue weighted by molar-refractivity contribution is 7.19. The van der Waals surface area contributed by atoms with Gasteiger partial charge in [-0.25, -0.2) is 14.8 Å². The van der Waals surface area contributed by atoms with Crippen molar-refractivity contribution in [1.29, 1.82) is 0 Å². The second-order valence-electron chi connectivity index (χ2n) is 8.83. The Kier molecular flexibility index (Phi) is 5.63. The molecule has 7 heteroatoms. The number of aromatic carboxylic acids is 1. The molecule has 0 atom stereocenters. The van der Waals surface area contributed by atoms with E-state index in [1.54, 1.807) is 18.5 Å². The second-order valence-corrected chi connectivity index (χ2v) is 9.91. The number of benzene rings is 1. The molecule has 0 spiro atoms. The molecule has 0 unspecified atom stereocenters. The highest BCUT2D eigenvalue weighted by Gasteiger charge is 2.26. The van der Waals surface area contributed by atoms with Gasteiger partial charge in [0.15, 0.2) is 0 Å². The number of aryl methyl sites for hydroxylation is 2. The van der Waals surface area contributed by atoms with E-state index in [-0.39, 0.29) is 0 Å². The Morgan fingerprint density at radius 3 is 2.87 bits per heavy atom. The molecule has 2 N–H and O–H groups in total. The van der Waals surface area contributed by atoms with Crippen LogP contribution in [0.2, 0.25) is 0 Å². The van der Waals surface area contributed by atoms with Gasteiger partial charge in [-0.3, -0.25) is 4.90 Å². The van der Waals surface area contributed by atoms with Gasteiger partial charge in [0.2, 0.25) is 0 Å². The molecule has 2 aliphatic carbocycles. The smallest absolute Gasteiger partial charge is 0.335 e. The summed E-state index contributed by atoms with van der Waals surface area (Å²) in [5, 5.41) is 14.2. The van der Waals surface area contributed by atoms with Gasteiger partial charge in [0.25, 0.3) is 0 Å². The molecule has 31 heavy (non-hydrogen) atoms. The molecule has 0 aliphatic heterocycles. The molecular formula is C24H28N4O2S. The summed E-state index contributed by atoms with van der Waals surface area (Å²) in [6.45, 7) is 0.775. The van der Waals surface area contributed by atoms with Crippen molar-refractivity contribution in [2.24, 2.45) is 0 Å². The van der Waals surface area contributed by atoms with Gasteiger partial charge in [-0.05, 0) is 75.3 Å². The fourth-order valence-electron chi connectivity index (χ4n) is 5.11. The molecule has 2 aliphatic rings. The van der Waals surface area contributed by atoms with Crippen LogP contribution in [0.4, 0.5) is 5.82 Å². The Morgan fingerprint density at radius 2 is 2.06 bits per heavy atom. The van der Waals surface area contributed by atoms with Crippen LogP contribution in [-0.2, 0) is 19.4 Å². The number of rotatable bonds is 6. The van der Waals surface area contributed by atoms with Crippen LogP contribution in [-0.4, -0.2) is 45.1 Å². The topological polar surface area (TPSA) is 78.4 Å². The number of carboxylic acid groups (broad SMARTS) is 1. The normalized spacial score (nSPS) is 20.8. The maximum absolute atomic E-state index is 11.2. The third-order valence-electron chi connectivity index (χ3n) is 6.77. The zero-order valence-corrected chi connectivity index (χ0v) is 18.6. The van der Waals surface area contributed by atoms with Gasteiger partial charge in [0.05, 0.1) is 10.9 Å². The first-order chi connectivity index (χ1) is 15.1. The summed E-state index contributed by atoms with van der Waals surface area (Å²) >= 11 is 1.84. The van der Waals surface area contributed by atoms with E-state index in [4.69, 9.17) is 0 Å². The quantitative estimate of drug-likeness (QED) is 0.581. The minimum Gasteiger partial charge on any atom is -0.478 e. The molecule has 0 saturated heterocycles. The summed E-state index contributed by atoms with van der Waals surface area (Å²) in [5.41, 5.74) is 2.88. The predicted molar refractivity (Wildman–Crippen MR) is 124 cm³/mol. The van der Waals surface area contributed by atoms with Crippen LogP contribution in [0.25, 0.3) is 10.2 Å². The van der Waals surface area contributed by atoms with Crippen molar-refractivity contribution < 1.29 is 9.90 Å². The van der Waals surface area contributed by atoms with E-state index in [1.807, 2.05) is 23.5 Å². The molecule has 1 saturated carbocycles. The Labute approximate surface area is 186 Å². The zero-order chi connectivity index (χ0) is 21.4. The minimum atomic E-state index is -0.869. The van der Waals surface area contributed by atoms with Crippen molar-refractivity contribution in [2.75, 3.05) is 12.4 Å². The lowest BCUT2D eigenvalue weighted by Crippen LogP contribution is -2.38. The number of hydrogen-bond acceptors (Lipinski definition) is 6. The molecular weight excluding hydrogens is 408 g/mol. The van der Waals surface area contributed by atoms with Gasteiger partial charge in [0.1, 0.15) is 17.0 Å². The van der Waals surface area contributed by atoms with E-state index >= 15 is 0 Å². The van der Waals surface area contributed by atoms with Crippen LogP contribution in [0.15, 0.2) is 30.6 Å². The van der Waals surface area contributed by atoms with Gasteiger partial charge in [-0.1, -0.05) is 12.1 Å². The average molecular weight is 437 g/mol. The van der Waals surface area contributed by atoms with E-state index in [0.29, 0.717) is 17.6 Å². The maximum Gasteiger partial charge on any atom is 0.335 e. The lowest BCUT2D eigenvalue weighted by atomic mass is 9.90. The van der Waals surface area contributed by atoms with E-state index < -0.39 is 5.97 Å². The van der Waals surface area contributed by atoms with Crippen LogP contribution in [0.5, 0.6) is 0 Å². The van der Waals surface area contributed by atoms with Crippen LogP contribution in [0.3, 0.4) is 0 Å². The van der Waals surface area contributed by atoms with Crippen molar-refractivity contribution in [1.82, 2.24) is 14.9 Å². The Balaban J connectivity index is 1.21. The van der Waals surface area contributed by atoms with Crippen molar-refractivity contribution in [3.05, 3.63) is 52.2 Å². The number of fused-ring (bicyclic) bond motifs is 3. The van der Waals surface area contributed by atoms with Crippen molar-refractivity contribution >= 4 is 33.3 Å². The molecule has 2 aromatic heterocycles. The summed E-state index contributed by atoms with van der Waals surface area (Å²) in [6, 6.07) is 8.23. The standard InChI is InChI=1S/C24H28N4O2S/c1-28(13-15-4-2-5-16(12-15)24(29)30)18-10-8-17(9-11-18)27-22-21-19-6-3-7-20(19)31-23(21)26-14-25-22/h2,4-5,12,14,17-18H,3,6-11,13H2,1H3,(H,29,30)(H,25,26,27)/t17-,18-. The highest BCUT2D eigenvalue weighted by Crippen LogP contribution is 2.39. The van der Waals surface area contributed by atoms with E-state index in [9.17, 15) is 9.90 Å². The van der Waals surface area contributed by atoms with Gasteiger partial charge in [-0.15, -0.1) is 11.3 Å². The lowest BCUT2D eigenvalue weighted by molar-refractivity contribution is 0.0696. The minimum absolute atomic E-state index is 0.356. The summed E-state index contributed by atoms with van der Waals surface area (Å²) in [4.78, 5) is 25.3. The van der Waals surface area contributed by atoms with Crippen LogP contribution in [0, 0.1) is 0 Å². The van der Waals surface area contributed by atoms with E-state index in [2.05, 4.69) is 27.2 Å². The Hall–Kier alpha value is -2.51. The van der Waals surface area contributed by atoms with Crippen molar-refractivity contribution in [2.45, 2.75) is 63.6 Å². The molecule has 1 fully saturated rings. The fourth-order valence-corrected chi connectivity index (χ4v) is 6.34. The van der Waals surface area contributed by atoms with Crippen LogP contribution < -0.4 is 5.32 Å². The second kappa shape index (κ2) is 8.55. The Bertz CT molecular complexity index is 1100. The third-order valence-corrected chi connectivity index (χ3v) is 7.97. The fraction of sp³-hybridized carbons (Fsp3) is 0.458. The SMILES string of the molecule is CN(Cc1cccc(C(=O)O)c1)[C@H]1CC[C@H](Nc2ncnc3sc4c(c23)CCC4)CC1. The molecule has 2 heterocycles. The first-order valence-electron chi connectivity index (χ1n) is 11.1. The zero-order valence-electron chi connectivity index (χ0n) is 17.8. The van der Waals surface area contributed by atoms with E-state index in [1.165, 1.54) is 28.7 Å². The number of nitrogens with zero attached hydrogens (tertiary/aromatic N) is 3. The number of hydrogen-bond donors (Lipinski definition) is 2. The molecule has 162 valence electrons. The largest absolute Gasteiger partial charge is 0.478 e. The van der Waals surface area contributed by atoms with Crippen molar-refractivity contribution in [3.8, 4) is 0 Å². The van der Waals surface area contributed by atoms with Crippen LogP contribution >= 0.6 is 11.3 Å². The maximum atomic E-state index is 11.2. The van der Waals surface area contributed by atoms with Crippen molar-refractivity contribution in [3.63, 3.8) is 0 Å². The highest BCUT2D eigenvalue weighted by atomic mass is 32.1. The first kappa shape index (κ1) is 20.4. The summed E-state index contributed by atoms with van der Waals surface area (Å²) < 4.78 is 0. The van der Waals surface area contributed by atoms with Gasteiger partial charge in [0, 0.05) is 23.5 Å². The number of carboxylic acids is 1. The number of aromatic nitrogens is 2. The monoisotopic (exact) mass is 436 g/mol. The molecule has 6 nitrogen and oxygen atoms in total. The van der Waals surface area contributed by atoms with E-state index in [0.717, 1.165) is 54.9 Å². The first-order valence-corrected chi connectivity index (χ1v) is 11.9. The predicted octanol–water partition coefficient (Wildman–Crippen LogP) is 4.73. The average Bonchev–Trinajstić information content (AvgIpc) is 3.36. The third kappa shape index (κ3) is 4.16. The Morgan fingerprint density at radius 1 is 1.23 bits per heavy atom. The molecule has 0 amide bonds. The molecule has 3 aromatic rings. The summed E-state index contributed by atoms with van der Waals surface area (Å²) in [5.74, 6) is 0.151. The molecule has 0 bridgehead atoms. The number of anilines is 1. The van der Waals surface area contributed by atoms with Crippen LogP contribution in [0.1, 0.15) is 58.5 Å².